The molecule has 11 heteroatoms. The predicted octanol–water partition coefficient (Wildman–Crippen LogP) is 4.60. The molecule has 0 saturated carbocycles. The summed E-state index contributed by atoms with van der Waals surface area (Å²) in [5.41, 5.74) is 0.677. The highest BCUT2D eigenvalue weighted by Crippen LogP contribution is 2.31. The number of rotatable bonds is 3. The Labute approximate surface area is 172 Å². The molecule has 0 atom stereocenters. The van der Waals surface area contributed by atoms with Crippen LogP contribution in [-0.2, 0) is 19.1 Å². The highest BCUT2D eigenvalue weighted by molar-refractivity contribution is 7.15. The van der Waals surface area contributed by atoms with Crippen LogP contribution in [-0.4, -0.2) is 28.4 Å². The van der Waals surface area contributed by atoms with Crippen molar-refractivity contribution in [2.24, 2.45) is 0 Å². The molecule has 0 fully saturated rings. The molecule has 0 saturated heterocycles. The largest absolute Gasteiger partial charge is 0.472 e. The standard InChI is InChI=1S/C19H15F3N4O3S/c20-19(21,22)12-1-3-13(4-2-12)23-18(28)26-7-5-14-15(9-26)30-17(24-14)25-16(27)11-6-8-29-10-11/h1-4,6,8,10H,5,7,9H2,(H,23,28)(H,24,25,27). The summed E-state index contributed by atoms with van der Waals surface area (Å²) in [6.07, 6.45) is -1.19. The molecule has 0 radical (unpaired) electrons. The molecule has 0 spiro atoms. The number of urea groups is 1. The Kier molecular flexibility index (Phi) is 5.20. The van der Waals surface area contributed by atoms with E-state index in [1.54, 1.807) is 4.90 Å². The van der Waals surface area contributed by atoms with Gasteiger partial charge in [0.1, 0.15) is 6.26 Å². The lowest BCUT2D eigenvalue weighted by Crippen LogP contribution is -2.38. The number of furan rings is 1. The van der Waals surface area contributed by atoms with E-state index in [4.69, 9.17) is 4.42 Å². The number of benzene rings is 1. The van der Waals surface area contributed by atoms with Gasteiger partial charge in [0.15, 0.2) is 5.13 Å². The molecule has 0 bridgehead atoms. The molecule has 1 aliphatic rings. The second-order valence-electron chi connectivity index (χ2n) is 6.53. The van der Waals surface area contributed by atoms with Crippen molar-refractivity contribution in [2.75, 3.05) is 17.2 Å². The Morgan fingerprint density at radius 1 is 1.13 bits per heavy atom. The molecule has 0 unspecified atom stereocenters. The van der Waals surface area contributed by atoms with Crippen LogP contribution in [0.1, 0.15) is 26.5 Å². The third-order valence-corrected chi connectivity index (χ3v) is 5.48. The number of hydrogen-bond acceptors (Lipinski definition) is 5. The average Bonchev–Trinajstić information content (AvgIpc) is 3.36. The third-order valence-electron chi connectivity index (χ3n) is 4.49. The number of carbonyl (C=O) groups is 2. The summed E-state index contributed by atoms with van der Waals surface area (Å²) in [4.78, 5) is 31.4. The first-order valence-electron chi connectivity index (χ1n) is 8.85. The van der Waals surface area contributed by atoms with Crippen molar-refractivity contribution in [2.45, 2.75) is 19.1 Å². The number of fused-ring (bicyclic) bond motifs is 1. The van der Waals surface area contributed by atoms with Crippen LogP contribution >= 0.6 is 11.3 Å². The lowest BCUT2D eigenvalue weighted by Gasteiger charge is -2.26. The van der Waals surface area contributed by atoms with Gasteiger partial charge in [0.25, 0.3) is 5.91 Å². The molecule has 3 amide bonds. The van der Waals surface area contributed by atoms with Gasteiger partial charge in [-0.05, 0) is 30.3 Å². The number of aromatic nitrogens is 1. The van der Waals surface area contributed by atoms with Crippen LogP contribution in [0.3, 0.4) is 0 Å². The molecule has 156 valence electrons. The maximum Gasteiger partial charge on any atom is 0.416 e. The first-order valence-corrected chi connectivity index (χ1v) is 9.66. The molecular formula is C19H15F3N4O3S. The number of anilines is 2. The van der Waals surface area contributed by atoms with Crippen LogP contribution < -0.4 is 10.6 Å². The molecule has 2 N–H and O–H groups in total. The molecule has 2 aromatic heterocycles. The smallest absolute Gasteiger partial charge is 0.416 e. The molecular weight excluding hydrogens is 421 g/mol. The number of nitrogens with zero attached hydrogens (tertiary/aromatic N) is 2. The Bertz CT molecular complexity index is 1060. The number of amides is 3. The van der Waals surface area contributed by atoms with Gasteiger partial charge in [-0.1, -0.05) is 11.3 Å². The first-order chi connectivity index (χ1) is 14.3. The molecule has 0 aliphatic carbocycles. The minimum Gasteiger partial charge on any atom is -0.472 e. The summed E-state index contributed by atoms with van der Waals surface area (Å²) in [5, 5.41) is 5.73. The van der Waals surface area contributed by atoms with Crippen LogP contribution in [0.4, 0.5) is 28.8 Å². The third kappa shape index (κ3) is 4.30. The zero-order valence-corrected chi connectivity index (χ0v) is 16.1. The van der Waals surface area contributed by atoms with E-state index in [0.717, 1.165) is 22.7 Å². The number of alkyl halides is 3. The fourth-order valence-electron chi connectivity index (χ4n) is 2.93. The second kappa shape index (κ2) is 7.82. The Balaban J connectivity index is 1.38. The summed E-state index contributed by atoms with van der Waals surface area (Å²) in [6, 6.07) is 5.39. The van der Waals surface area contributed by atoms with E-state index >= 15 is 0 Å². The summed E-state index contributed by atoms with van der Waals surface area (Å²) < 4.78 is 42.8. The minimum absolute atomic E-state index is 0.274. The van der Waals surface area contributed by atoms with Gasteiger partial charge in [0.05, 0.1) is 29.6 Å². The van der Waals surface area contributed by atoms with Gasteiger partial charge in [-0.15, -0.1) is 0 Å². The number of hydrogen-bond donors (Lipinski definition) is 2. The van der Waals surface area contributed by atoms with Gasteiger partial charge in [-0.3, -0.25) is 10.1 Å². The van der Waals surface area contributed by atoms with Gasteiger partial charge in [0, 0.05) is 23.5 Å². The SMILES string of the molecule is O=C(Nc1nc2c(s1)CN(C(=O)Nc1ccc(C(F)(F)F)cc1)CC2)c1ccoc1. The van der Waals surface area contributed by atoms with E-state index in [9.17, 15) is 22.8 Å². The van der Waals surface area contributed by atoms with Crippen molar-refractivity contribution in [3.63, 3.8) is 0 Å². The van der Waals surface area contributed by atoms with E-state index in [1.807, 2.05) is 0 Å². The van der Waals surface area contributed by atoms with Crippen LogP contribution in [0.5, 0.6) is 0 Å². The average molecular weight is 436 g/mol. The minimum atomic E-state index is -4.43. The predicted molar refractivity (Wildman–Crippen MR) is 103 cm³/mol. The number of thiazole rings is 1. The Morgan fingerprint density at radius 3 is 2.57 bits per heavy atom. The van der Waals surface area contributed by atoms with Gasteiger partial charge < -0.3 is 14.6 Å². The van der Waals surface area contributed by atoms with Crippen molar-refractivity contribution < 1.29 is 27.2 Å². The molecule has 3 heterocycles. The van der Waals surface area contributed by atoms with Crippen molar-refractivity contribution in [3.05, 3.63) is 64.6 Å². The fraction of sp³-hybridized carbons (Fsp3) is 0.211. The van der Waals surface area contributed by atoms with Gasteiger partial charge in [0.2, 0.25) is 0 Å². The Morgan fingerprint density at radius 2 is 1.90 bits per heavy atom. The van der Waals surface area contributed by atoms with E-state index in [0.29, 0.717) is 30.2 Å². The number of nitrogens with one attached hydrogen (secondary N) is 2. The lowest BCUT2D eigenvalue weighted by molar-refractivity contribution is -0.137. The van der Waals surface area contributed by atoms with Gasteiger partial charge in [-0.2, -0.15) is 13.2 Å². The Hall–Kier alpha value is -3.34. The van der Waals surface area contributed by atoms with E-state index in [1.165, 1.54) is 42.1 Å². The number of carbonyl (C=O) groups excluding carboxylic acids is 2. The van der Waals surface area contributed by atoms with Gasteiger partial charge in [-0.25, -0.2) is 9.78 Å². The molecule has 1 aliphatic heterocycles. The summed E-state index contributed by atoms with van der Waals surface area (Å²) in [5.74, 6) is -0.341. The van der Waals surface area contributed by atoms with Crippen LogP contribution in [0.15, 0.2) is 47.3 Å². The second-order valence-corrected chi connectivity index (χ2v) is 7.62. The van der Waals surface area contributed by atoms with E-state index in [-0.39, 0.29) is 11.6 Å². The fourth-order valence-corrected chi connectivity index (χ4v) is 3.95. The maximum atomic E-state index is 12.6. The molecule has 30 heavy (non-hydrogen) atoms. The molecule has 3 aromatic rings. The maximum absolute atomic E-state index is 12.6. The van der Waals surface area contributed by atoms with Crippen molar-refractivity contribution in [3.8, 4) is 0 Å². The quantitative estimate of drug-likeness (QED) is 0.628. The molecule has 4 rings (SSSR count). The highest BCUT2D eigenvalue weighted by Gasteiger charge is 2.30. The molecule has 7 nitrogen and oxygen atoms in total. The van der Waals surface area contributed by atoms with E-state index < -0.39 is 17.8 Å². The molecule has 1 aromatic carbocycles. The topological polar surface area (TPSA) is 87.5 Å². The van der Waals surface area contributed by atoms with Crippen LogP contribution in [0, 0.1) is 0 Å². The van der Waals surface area contributed by atoms with Gasteiger partial charge >= 0.3 is 12.2 Å². The monoisotopic (exact) mass is 436 g/mol. The van der Waals surface area contributed by atoms with Crippen LogP contribution in [0.25, 0.3) is 0 Å². The number of halogens is 3. The summed E-state index contributed by atoms with van der Waals surface area (Å²) >= 11 is 1.27. The van der Waals surface area contributed by atoms with Crippen molar-refractivity contribution in [1.29, 1.82) is 0 Å². The zero-order valence-electron chi connectivity index (χ0n) is 15.3. The lowest BCUT2D eigenvalue weighted by atomic mass is 10.2. The summed E-state index contributed by atoms with van der Waals surface area (Å²) in [6.45, 7) is 0.694. The van der Waals surface area contributed by atoms with Crippen molar-refractivity contribution >= 4 is 34.1 Å². The first kappa shape index (κ1) is 20.0. The van der Waals surface area contributed by atoms with Crippen LogP contribution in [0.2, 0.25) is 0 Å². The van der Waals surface area contributed by atoms with E-state index in [2.05, 4.69) is 15.6 Å². The van der Waals surface area contributed by atoms with Crippen molar-refractivity contribution in [1.82, 2.24) is 9.88 Å². The zero-order chi connectivity index (χ0) is 21.3. The highest BCUT2D eigenvalue weighted by atomic mass is 32.1. The summed E-state index contributed by atoms with van der Waals surface area (Å²) in [7, 11) is 0. The normalized spacial score (nSPS) is 13.6.